The molecule has 10 heteroatoms. The molecule has 35 heavy (non-hydrogen) atoms. The molecule has 1 aliphatic rings. The summed E-state index contributed by atoms with van der Waals surface area (Å²) in [4.78, 5) is 38.5. The molecule has 3 aromatic rings. The fourth-order valence-electron chi connectivity index (χ4n) is 4.40. The molecule has 1 atom stereocenters. The molecule has 1 saturated heterocycles. The molecule has 1 unspecified atom stereocenters. The Labute approximate surface area is 201 Å². The molecule has 5 N–H and O–H groups in total. The first-order chi connectivity index (χ1) is 16.8. The van der Waals surface area contributed by atoms with Crippen LogP contribution in [0.25, 0.3) is 11.0 Å². The third kappa shape index (κ3) is 4.96. The number of carbonyl (C=O) groups excluding carboxylic acids is 2. The van der Waals surface area contributed by atoms with Crippen molar-refractivity contribution in [2.75, 3.05) is 19.7 Å². The van der Waals surface area contributed by atoms with Crippen LogP contribution in [0, 0.1) is 5.41 Å². The average molecular weight is 479 g/mol. The van der Waals surface area contributed by atoms with Gasteiger partial charge in [0.1, 0.15) is 28.5 Å². The van der Waals surface area contributed by atoms with E-state index in [1.165, 1.54) is 4.90 Å². The van der Waals surface area contributed by atoms with Crippen molar-refractivity contribution >= 4 is 34.6 Å². The second-order valence-electron chi connectivity index (χ2n) is 8.35. The number of hydrogen-bond acceptors (Lipinski definition) is 6. The Bertz CT molecular complexity index is 1240. The zero-order valence-corrected chi connectivity index (χ0v) is 19.0. The summed E-state index contributed by atoms with van der Waals surface area (Å²) in [5.41, 5.74) is 5.24. The summed E-state index contributed by atoms with van der Waals surface area (Å²) in [5.74, 6) is -1.85. The fraction of sp³-hybridized carbons (Fsp3) is 0.280. The third-order valence-electron chi connectivity index (χ3n) is 6.07. The number of carboxylic acids is 1. The number of fused-ring (bicyclic) bond motifs is 1. The first-order valence-corrected chi connectivity index (χ1v) is 11.2. The molecule has 0 bridgehead atoms. The molecule has 0 radical (unpaired) electrons. The maximum atomic E-state index is 12.9. The predicted molar refractivity (Wildman–Crippen MR) is 127 cm³/mol. The molecule has 1 aromatic heterocycles. The highest BCUT2D eigenvalue weighted by molar-refractivity contribution is 6.35. The quantitative estimate of drug-likeness (QED) is 0.150. The number of benzene rings is 2. The minimum absolute atomic E-state index is 0.0453. The number of amidine groups is 1. The van der Waals surface area contributed by atoms with Gasteiger partial charge in [0.2, 0.25) is 0 Å². The van der Waals surface area contributed by atoms with Crippen LogP contribution in [0.5, 0.6) is 5.75 Å². The second kappa shape index (κ2) is 9.88. The molecule has 182 valence electrons. The Hall–Kier alpha value is -4.34. The summed E-state index contributed by atoms with van der Waals surface area (Å²) >= 11 is 0. The minimum atomic E-state index is -1.37. The van der Waals surface area contributed by atoms with E-state index in [1.54, 1.807) is 42.5 Å². The number of hydrogen-bond donors (Lipinski definition) is 4. The maximum absolute atomic E-state index is 12.9. The molecule has 4 rings (SSSR count). The molecule has 1 aliphatic heterocycles. The summed E-state index contributed by atoms with van der Waals surface area (Å²) in [6.45, 7) is 0.600. The van der Waals surface area contributed by atoms with Gasteiger partial charge >= 0.3 is 17.8 Å². The van der Waals surface area contributed by atoms with Crippen LogP contribution in [-0.4, -0.2) is 53.3 Å². The van der Waals surface area contributed by atoms with Crippen molar-refractivity contribution in [1.29, 1.82) is 5.41 Å². The van der Waals surface area contributed by atoms with Gasteiger partial charge in [-0.25, -0.2) is 0 Å². The normalized spacial score (nSPS) is 15.5. The molecular formula is C25H26N4O6. The van der Waals surface area contributed by atoms with E-state index in [2.05, 4.69) is 5.32 Å². The van der Waals surface area contributed by atoms with E-state index < -0.39 is 29.7 Å². The molecule has 2 amide bonds. The van der Waals surface area contributed by atoms with Crippen LogP contribution in [0.2, 0.25) is 0 Å². The standard InChI is InChI=1S/C25H26N4O6/c26-22(27)16-6-8-18(9-7-16)34-13-3-10-25(15-21(30)31,29-12-11-28-23(32)24(29)33)20-14-17-4-1-2-5-19(17)35-20/h1-2,4-9,14H,3,10-13,15H2,(H3,26,27)(H,28,32)(H,30,31). The molecule has 2 aromatic carbocycles. The van der Waals surface area contributed by atoms with Gasteiger partial charge in [-0.1, -0.05) is 18.2 Å². The van der Waals surface area contributed by atoms with Gasteiger partial charge in [0.05, 0.1) is 13.0 Å². The Morgan fingerprint density at radius 2 is 1.94 bits per heavy atom. The zero-order valence-electron chi connectivity index (χ0n) is 19.0. The first kappa shape index (κ1) is 23.8. The minimum Gasteiger partial charge on any atom is -0.494 e. The Morgan fingerprint density at radius 3 is 2.63 bits per heavy atom. The number of nitrogens with zero attached hydrogens (tertiary/aromatic N) is 1. The number of amides is 2. The summed E-state index contributed by atoms with van der Waals surface area (Å²) in [6, 6.07) is 15.7. The number of carbonyl (C=O) groups is 3. The van der Waals surface area contributed by atoms with Gasteiger partial charge in [0.25, 0.3) is 0 Å². The lowest BCUT2D eigenvalue weighted by molar-refractivity contribution is -0.157. The number of rotatable bonds is 10. The van der Waals surface area contributed by atoms with Crippen molar-refractivity contribution in [2.24, 2.45) is 5.73 Å². The number of ether oxygens (including phenoxy) is 1. The van der Waals surface area contributed by atoms with Crippen LogP contribution in [0.15, 0.2) is 59.0 Å². The molecule has 1 fully saturated rings. The highest BCUT2D eigenvalue weighted by Gasteiger charge is 2.48. The van der Waals surface area contributed by atoms with E-state index >= 15 is 0 Å². The van der Waals surface area contributed by atoms with E-state index in [4.69, 9.17) is 20.3 Å². The Balaban J connectivity index is 1.62. The van der Waals surface area contributed by atoms with Gasteiger partial charge in [-0.05, 0) is 49.2 Å². The summed E-state index contributed by atoms with van der Waals surface area (Å²) in [7, 11) is 0. The number of aliphatic carboxylic acids is 1. The summed E-state index contributed by atoms with van der Waals surface area (Å²) < 4.78 is 11.9. The van der Waals surface area contributed by atoms with Crippen molar-refractivity contribution < 1.29 is 28.6 Å². The molecule has 10 nitrogen and oxygen atoms in total. The van der Waals surface area contributed by atoms with Crippen LogP contribution in [0.3, 0.4) is 0 Å². The van der Waals surface area contributed by atoms with Crippen molar-refractivity contribution in [3.05, 3.63) is 65.9 Å². The van der Waals surface area contributed by atoms with Crippen molar-refractivity contribution in [1.82, 2.24) is 10.2 Å². The number of nitrogens with two attached hydrogens (primary N) is 1. The lowest BCUT2D eigenvalue weighted by Gasteiger charge is -2.43. The lowest BCUT2D eigenvalue weighted by atomic mass is 9.84. The molecule has 0 aliphatic carbocycles. The van der Waals surface area contributed by atoms with Gasteiger partial charge in [-0.2, -0.15) is 0 Å². The molecule has 0 saturated carbocycles. The average Bonchev–Trinajstić information content (AvgIpc) is 3.28. The number of piperazine rings is 1. The van der Waals surface area contributed by atoms with Crippen LogP contribution >= 0.6 is 0 Å². The molecule has 2 heterocycles. The maximum Gasteiger partial charge on any atom is 0.312 e. The lowest BCUT2D eigenvalue weighted by Crippen LogP contribution is -2.60. The number of nitrogen functional groups attached to an aromatic ring is 1. The Kier molecular flexibility index (Phi) is 6.72. The van der Waals surface area contributed by atoms with E-state index in [9.17, 15) is 19.5 Å². The van der Waals surface area contributed by atoms with Crippen LogP contribution in [0.4, 0.5) is 0 Å². The smallest absolute Gasteiger partial charge is 0.312 e. The van der Waals surface area contributed by atoms with Crippen LogP contribution in [0.1, 0.15) is 30.6 Å². The van der Waals surface area contributed by atoms with Gasteiger partial charge in [-0.3, -0.25) is 19.8 Å². The number of nitrogens with one attached hydrogen (secondary N) is 2. The Morgan fingerprint density at radius 1 is 1.20 bits per heavy atom. The van der Waals surface area contributed by atoms with Crippen LogP contribution < -0.4 is 15.8 Å². The highest BCUT2D eigenvalue weighted by atomic mass is 16.5. The fourth-order valence-corrected chi connectivity index (χ4v) is 4.40. The molecule has 0 spiro atoms. The zero-order chi connectivity index (χ0) is 25.0. The number of furan rings is 1. The topological polar surface area (TPSA) is 159 Å². The van der Waals surface area contributed by atoms with E-state index in [0.29, 0.717) is 29.1 Å². The van der Waals surface area contributed by atoms with Gasteiger partial charge in [0.15, 0.2) is 0 Å². The van der Waals surface area contributed by atoms with Crippen LogP contribution in [-0.2, 0) is 19.9 Å². The predicted octanol–water partition coefficient (Wildman–Crippen LogP) is 2.20. The van der Waals surface area contributed by atoms with E-state index in [-0.39, 0.29) is 32.0 Å². The van der Waals surface area contributed by atoms with Gasteiger partial charge < -0.3 is 30.2 Å². The number of para-hydroxylation sites is 1. The van der Waals surface area contributed by atoms with Gasteiger partial charge in [-0.15, -0.1) is 0 Å². The summed E-state index contributed by atoms with van der Waals surface area (Å²) in [5, 5.41) is 20.6. The van der Waals surface area contributed by atoms with Crippen molar-refractivity contribution in [2.45, 2.75) is 24.8 Å². The second-order valence-corrected chi connectivity index (χ2v) is 8.35. The van der Waals surface area contributed by atoms with Gasteiger partial charge in [0, 0.05) is 24.0 Å². The van der Waals surface area contributed by atoms with E-state index in [0.717, 1.165) is 5.39 Å². The van der Waals surface area contributed by atoms with Crippen molar-refractivity contribution in [3.63, 3.8) is 0 Å². The van der Waals surface area contributed by atoms with Crippen molar-refractivity contribution in [3.8, 4) is 5.75 Å². The monoisotopic (exact) mass is 478 g/mol. The summed E-state index contributed by atoms with van der Waals surface area (Å²) in [6.07, 6.45) is 0.146. The third-order valence-corrected chi connectivity index (χ3v) is 6.07. The largest absolute Gasteiger partial charge is 0.494 e. The molecular weight excluding hydrogens is 452 g/mol. The first-order valence-electron chi connectivity index (χ1n) is 11.2. The van der Waals surface area contributed by atoms with E-state index in [1.807, 2.05) is 12.1 Å². The highest BCUT2D eigenvalue weighted by Crippen LogP contribution is 2.40. The SMILES string of the molecule is N=C(N)c1ccc(OCCCC(CC(=O)O)(c2cc3ccccc3o2)N2CCNC(=O)C2=O)cc1. The number of carboxylic acid groups (broad SMARTS) is 1.